The van der Waals surface area contributed by atoms with Crippen LogP contribution in [0.25, 0.3) is 0 Å². The largest absolute Gasteiger partial charge is 0.459 e. The van der Waals surface area contributed by atoms with Gasteiger partial charge in [-0.25, -0.2) is 0 Å². The van der Waals surface area contributed by atoms with Gasteiger partial charge < -0.3 is 44.4 Å². The average molecular weight is 589 g/mol. The number of likely N-dealkylation sites (N-methyl/N-ethyl adjacent to an activating group) is 1. The third-order valence-electron chi connectivity index (χ3n) is 9.42. The first kappa shape index (κ1) is 35.9. The molecule has 0 radical (unpaired) electrons. The summed E-state index contributed by atoms with van der Waals surface area (Å²) in [5.74, 6) is -2.50. The highest BCUT2D eigenvalue weighted by Crippen LogP contribution is 2.39. The molecule has 0 aromatic rings. The Kier molecular flexibility index (Phi) is 12.6. The van der Waals surface area contributed by atoms with Crippen LogP contribution in [0.2, 0.25) is 0 Å². The van der Waals surface area contributed by atoms with Crippen molar-refractivity contribution in [2.45, 2.75) is 135 Å². The lowest BCUT2D eigenvalue weighted by Gasteiger charge is -2.47. The topological polar surface area (TPSA) is 151 Å². The van der Waals surface area contributed by atoms with Gasteiger partial charge in [0.05, 0.1) is 35.5 Å². The minimum Gasteiger partial charge on any atom is -0.459 e. The van der Waals surface area contributed by atoms with E-state index in [4.69, 9.17) is 18.9 Å². The minimum atomic E-state index is -1.79. The van der Waals surface area contributed by atoms with Gasteiger partial charge in [-0.1, -0.05) is 39.8 Å². The van der Waals surface area contributed by atoms with Gasteiger partial charge in [0.15, 0.2) is 6.29 Å². The number of cyclic esters (lactones) is 1. The number of esters is 1. The second-order valence-electron chi connectivity index (χ2n) is 13.2. The Balaban J connectivity index is 2.58. The Morgan fingerprint density at radius 2 is 1.68 bits per heavy atom. The maximum Gasteiger partial charge on any atom is 0.309 e. The van der Waals surface area contributed by atoms with E-state index < -0.39 is 65.6 Å². The molecule has 41 heavy (non-hydrogen) atoms. The maximum absolute atomic E-state index is 13.3. The Bertz CT molecular complexity index is 884. The number of ether oxygens (including phenoxy) is 4. The summed E-state index contributed by atoms with van der Waals surface area (Å²) in [6, 6.07) is -0.173. The monoisotopic (exact) mass is 588 g/mol. The summed E-state index contributed by atoms with van der Waals surface area (Å²) in [5.41, 5.74) is -2.51. The second kappa shape index (κ2) is 14.4. The summed E-state index contributed by atoms with van der Waals surface area (Å²) >= 11 is 0. The molecule has 0 bridgehead atoms. The molecule has 2 rings (SSSR count). The average Bonchev–Trinajstić information content (AvgIpc) is 2.90. The van der Waals surface area contributed by atoms with Gasteiger partial charge in [0.1, 0.15) is 17.8 Å². The molecular weight excluding hydrogens is 532 g/mol. The van der Waals surface area contributed by atoms with Crippen molar-refractivity contribution in [1.29, 1.82) is 0 Å². The lowest BCUT2D eigenvalue weighted by Crippen LogP contribution is -2.59. The van der Waals surface area contributed by atoms with Gasteiger partial charge in [0.2, 0.25) is 0 Å². The van der Waals surface area contributed by atoms with E-state index in [0.717, 1.165) is 0 Å². The standard InChI is InChI=1S/C30H56N2O9/c1-12-22-30(8,36)25(34)20(6)23(31-37)18(4)15-29(7,38-11)26(16(2)13-17(3)27(35)40-22)41-28-24(33)21(32(9)10)14-19(5)39-28/h16-22,24-26,28,33-34,36-37H,12-15H2,1-11H3/b31-23+/t16-,17+,18+,19+,20-,21-,22+,24+,25+,26+,28-,29+,30+/m0/s1. The first-order valence-electron chi connectivity index (χ1n) is 15.0. The van der Waals surface area contributed by atoms with Crippen LogP contribution in [0.15, 0.2) is 5.16 Å². The van der Waals surface area contributed by atoms with Crippen molar-refractivity contribution in [1.82, 2.24) is 4.90 Å². The molecule has 0 amide bonds. The highest BCUT2D eigenvalue weighted by molar-refractivity contribution is 5.88. The molecule has 11 nitrogen and oxygen atoms in total. The zero-order chi connectivity index (χ0) is 31.4. The molecule has 2 aliphatic heterocycles. The number of rotatable bonds is 5. The van der Waals surface area contributed by atoms with Crippen molar-refractivity contribution in [3.8, 4) is 0 Å². The van der Waals surface area contributed by atoms with E-state index in [1.807, 2.05) is 46.7 Å². The lowest BCUT2D eigenvalue weighted by molar-refractivity contribution is -0.297. The van der Waals surface area contributed by atoms with Crippen LogP contribution in [0, 0.1) is 23.7 Å². The van der Waals surface area contributed by atoms with Crippen molar-refractivity contribution in [2.75, 3.05) is 21.2 Å². The van der Waals surface area contributed by atoms with E-state index in [1.165, 1.54) is 6.92 Å². The van der Waals surface area contributed by atoms with Crippen LogP contribution in [-0.4, -0.2) is 112 Å². The third kappa shape index (κ3) is 7.99. The number of hydrogen-bond donors (Lipinski definition) is 4. The van der Waals surface area contributed by atoms with E-state index >= 15 is 0 Å². The van der Waals surface area contributed by atoms with Crippen LogP contribution < -0.4 is 0 Å². The second-order valence-corrected chi connectivity index (χ2v) is 13.2. The predicted octanol–water partition coefficient (Wildman–Crippen LogP) is 2.80. The van der Waals surface area contributed by atoms with Crippen LogP contribution in [0.4, 0.5) is 0 Å². The van der Waals surface area contributed by atoms with Crippen molar-refractivity contribution in [3.05, 3.63) is 0 Å². The summed E-state index contributed by atoms with van der Waals surface area (Å²) < 4.78 is 24.6. The zero-order valence-electron chi connectivity index (χ0n) is 26.9. The van der Waals surface area contributed by atoms with Crippen molar-refractivity contribution in [2.24, 2.45) is 28.8 Å². The number of oxime groups is 1. The van der Waals surface area contributed by atoms with Crippen molar-refractivity contribution in [3.63, 3.8) is 0 Å². The summed E-state index contributed by atoms with van der Waals surface area (Å²) in [6.07, 6.45) is -3.40. The molecule has 2 saturated heterocycles. The molecule has 13 atom stereocenters. The molecule has 0 aliphatic carbocycles. The van der Waals surface area contributed by atoms with Gasteiger partial charge in [-0.2, -0.15) is 0 Å². The number of aliphatic hydroxyl groups is 3. The van der Waals surface area contributed by atoms with E-state index in [-0.39, 0.29) is 30.2 Å². The number of aliphatic hydroxyl groups excluding tert-OH is 2. The molecule has 0 saturated carbocycles. The molecule has 2 fully saturated rings. The number of methoxy groups -OCH3 is 1. The van der Waals surface area contributed by atoms with E-state index in [0.29, 0.717) is 19.3 Å². The molecule has 2 heterocycles. The number of hydrogen-bond acceptors (Lipinski definition) is 11. The highest BCUT2D eigenvalue weighted by Gasteiger charge is 2.50. The Morgan fingerprint density at radius 1 is 1.07 bits per heavy atom. The molecule has 0 spiro atoms. The van der Waals surface area contributed by atoms with Gasteiger partial charge in [0, 0.05) is 25.0 Å². The third-order valence-corrected chi connectivity index (χ3v) is 9.42. The van der Waals surface area contributed by atoms with Crippen LogP contribution >= 0.6 is 0 Å². The summed E-state index contributed by atoms with van der Waals surface area (Å²) in [7, 11) is 5.39. The maximum atomic E-state index is 13.3. The molecule has 4 N–H and O–H groups in total. The van der Waals surface area contributed by atoms with Gasteiger partial charge in [-0.05, 0) is 66.5 Å². The quantitative estimate of drug-likeness (QED) is 0.214. The summed E-state index contributed by atoms with van der Waals surface area (Å²) in [4.78, 5) is 15.2. The van der Waals surface area contributed by atoms with Gasteiger partial charge in [-0.15, -0.1) is 0 Å². The van der Waals surface area contributed by atoms with Gasteiger partial charge >= 0.3 is 5.97 Å². The number of nitrogens with zero attached hydrogens (tertiary/aromatic N) is 2. The molecule has 11 heteroatoms. The van der Waals surface area contributed by atoms with Crippen LogP contribution in [0.5, 0.6) is 0 Å². The van der Waals surface area contributed by atoms with Crippen LogP contribution in [0.3, 0.4) is 0 Å². The van der Waals surface area contributed by atoms with Crippen LogP contribution in [-0.2, 0) is 23.7 Å². The predicted molar refractivity (Wildman–Crippen MR) is 155 cm³/mol. The van der Waals surface area contributed by atoms with E-state index in [2.05, 4.69) is 5.16 Å². The van der Waals surface area contributed by atoms with E-state index in [9.17, 15) is 25.3 Å². The molecule has 0 aromatic carbocycles. The lowest BCUT2D eigenvalue weighted by atomic mass is 9.74. The Hall–Kier alpha value is -1.34. The molecule has 0 aromatic heterocycles. The minimum absolute atomic E-state index is 0.152. The zero-order valence-corrected chi connectivity index (χ0v) is 26.9. The Labute approximate surface area is 246 Å². The molecule has 2 aliphatic rings. The first-order chi connectivity index (χ1) is 18.9. The molecule has 240 valence electrons. The number of carbonyl (C=O) groups is 1. The summed E-state index contributed by atoms with van der Waals surface area (Å²) in [5, 5.41) is 47.5. The Morgan fingerprint density at radius 3 is 2.20 bits per heavy atom. The van der Waals surface area contributed by atoms with Crippen molar-refractivity contribution >= 4 is 11.7 Å². The SMILES string of the molecule is CC[C@H]1OC(=O)[C@H](C)C[C@H](C)[C@@H](O[C@@H]2O[C@H](C)C[C@H](N(C)C)[C@H]2O)[C@](C)(OC)C[C@@H](C)/C(=N\O)[C@H](C)[C@@H](O)[C@]1(C)O. The summed E-state index contributed by atoms with van der Waals surface area (Å²) in [6.45, 7) is 14.3. The first-order valence-corrected chi connectivity index (χ1v) is 15.0. The van der Waals surface area contributed by atoms with Gasteiger partial charge in [-0.3, -0.25) is 4.79 Å². The molecule has 0 unspecified atom stereocenters. The van der Waals surface area contributed by atoms with Crippen LogP contribution in [0.1, 0.15) is 81.1 Å². The smallest absolute Gasteiger partial charge is 0.309 e. The van der Waals surface area contributed by atoms with Gasteiger partial charge in [0.25, 0.3) is 0 Å². The normalized spacial score (nSPS) is 46.8. The fraction of sp³-hybridized carbons (Fsp3) is 0.933. The fourth-order valence-electron chi connectivity index (χ4n) is 6.85. The fourth-order valence-corrected chi connectivity index (χ4v) is 6.85. The van der Waals surface area contributed by atoms with E-state index in [1.54, 1.807) is 27.9 Å². The van der Waals surface area contributed by atoms with Crippen molar-refractivity contribution < 1.29 is 44.3 Å². The highest BCUT2D eigenvalue weighted by atomic mass is 16.7. The number of carbonyl (C=O) groups excluding carboxylic acids is 1. The molecular formula is C30H56N2O9.